The molecular weight excluding hydrogens is 432 g/mol. The van der Waals surface area contributed by atoms with E-state index in [4.69, 9.17) is 9.84 Å². The topological polar surface area (TPSA) is 105 Å². The molecule has 0 radical (unpaired) electrons. The van der Waals surface area contributed by atoms with Crippen LogP contribution >= 0.6 is 0 Å². The molecule has 2 unspecified atom stereocenters. The monoisotopic (exact) mass is 464 g/mol. The van der Waals surface area contributed by atoms with Gasteiger partial charge in [0.15, 0.2) is 0 Å². The predicted octanol–water partition coefficient (Wildman–Crippen LogP) is 4.45. The van der Waals surface area contributed by atoms with E-state index in [9.17, 15) is 14.4 Å². The molecule has 2 aromatic rings. The largest absolute Gasteiger partial charge is 0.481 e. The molecule has 34 heavy (non-hydrogen) atoms. The van der Waals surface area contributed by atoms with E-state index in [1.54, 1.807) is 0 Å². The number of carbonyl (C=O) groups is 3. The maximum absolute atomic E-state index is 13.0. The highest BCUT2D eigenvalue weighted by atomic mass is 16.5. The van der Waals surface area contributed by atoms with Crippen molar-refractivity contribution in [1.82, 2.24) is 10.6 Å². The molecule has 2 atom stereocenters. The van der Waals surface area contributed by atoms with Crippen LogP contribution < -0.4 is 10.6 Å². The van der Waals surface area contributed by atoms with Crippen LogP contribution in [0.2, 0.25) is 0 Å². The van der Waals surface area contributed by atoms with Gasteiger partial charge in [-0.1, -0.05) is 61.9 Å². The van der Waals surface area contributed by atoms with Gasteiger partial charge in [0.25, 0.3) is 0 Å². The number of carboxylic acid groups (broad SMARTS) is 1. The summed E-state index contributed by atoms with van der Waals surface area (Å²) >= 11 is 0. The third-order valence-electron chi connectivity index (χ3n) is 7.07. The molecule has 1 fully saturated rings. The summed E-state index contributed by atoms with van der Waals surface area (Å²) in [5, 5.41) is 14.7. The van der Waals surface area contributed by atoms with Gasteiger partial charge >= 0.3 is 12.1 Å². The Bertz CT molecular complexity index is 1000. The molecule has 2 amide bonds. The van der Waals surface area contributed by atoms with Crippen LogP contribution in [0.3, 0.4) is 0 Å². The number of hydrogen-bond donors (Lipinski definition) is 3. The zero-order chi connectivity index (χ0) is 24.1. The standard InChI is InChI=1S/C27H32N2O5/c1-2-18(14-15-24(30)31)28-26(32)25(17-8-7-9-17)29-27(33)34-16-23-21-12-5-3-10-19(21)20-11-4-6-13-22(20)23/h3-6,10-13,17-18,23,25H,2,7-9,14-16H2,1H3,(H,28,32)(H,29,33)(H,30,31). The number of carbonyl (C=O) groups excluding carboxylic acids is 2. The Kier molecular flexibility index (Phi) is 7.50. The molecule has 0 bridgehead atoms. The van der Waals surface area contributed by atoms with Crippen LogP contribution in [0.25, 0.3) is 11.1 Å². The molecule has 0 saturated heterocycles. The lowest BCUT2D eigenvalue weighted by Gasteiger charge is -2.34. The number of ether oxygens (including phenoxy) is 1. The first-order valence-corrected chi connectivity index (χ1v) is 12.1. The Morgan fingerprint density at radius 2 is 1.62 bits per heavy atom. The molecule has 2 aromatic carbocycles. The molecule has 2 aliphatic carbocycles. The van der Waals surface area contributed by atoms with Gasteiger partial charge in [0, 0.05) is 18.4 Å². The number of nitrogens with one attached hydrogen (secondary N) is 2. The lowest BCUT2D eigenvalue weighted by Crippen LogP contribution is -2.54. The number of aliphatic carboxylic acids is 1. The Morgan fingerprint density at radius 3 is 2.15 bits per heavy atom. The van der Waals surface area contributed by atoms with Gasteiger partial charge in [0.1, 0.15) is 12.6 Å². The van der Waals surface area contributed by atoms with Gasteiger partial charge < -0.3 is 20.5 Å². The highest BCUT2D eigenvalue weighted by molar-refractivity contribution is 5.86. The third-order valence-corrected chi connectivity index (χ3v) is 7.07. The quantitative estimate of drug-likeness (QED) is 0.482. The summed E-state index contributed by atoms with van der Waals surface area (Å²) in [5.41, 5.74) is 4.58. The second-order valence-electron chi connectivity index (χ2n) is 9.18. The summed E-state index contributed by atoms with van der Waals surface area (Å²) < 4.78 is 5.64. The number of benzene rings is 2. The van der Waals surface area contributed by atoms with Crippen LogP contribution in [0.5, 0.6) is 0 Å². The number of alkyl carbamates (subject to hydrolysis) is 1. The average Bonchev–Trinajstić information content (AvgIpc) is 3.12. The van der Waals surface area contributed by atoms with E-state index in [-0.39, 0.29) is 36.8 Å². The highest BCUT2D eigenvalue weighted by Gasteiger charge is 2.35. The van der Waals surface area contributed by atoms with Crippen molar-refractivity contribution in [3.05, 3.63) is 59.7 Å². The molecule has 0 aromatic heterocycles. The Hall–Kier alpha value is -3.35. The second-order valence-corrected chi connectivity index (χ2v) is 9.18. The van der Waals surface area contributed by atoms with Gasteiger partial charge in [0.2, 0.25) is 5.91 Å². The summed E-state index contributed by atoms with van der Waals surface area (Å²) in [6.45, 7) is 2.10. The van der Waals surface area contributed by atoms with Crippen LogP contribution in [-0.4, -0.2) is 41.8 Å². The highest BCUT2D eigenvalue weighted by Crippen LogP contribution is 2.44. The minimum Gasteiger partial charge on any atom is -0.481 e. The van der Waals surface area contributed by atoms with E-state index in [2.05, 4.69) is 34.9 Å². The SMILES string of the molecule is CCC(CCC(=O)O)NC(=O)C(NC(=O)OCC1c2ccccc2-c2ccccc21)C1CCC1. The van der Waals surface area contributed by atoms with Gasteiger partial charge in [-0.2, -0.15) is 0 Å². The van der Waals surface area contributed by atoms with Crippen molar-refractivity contribution in [3.63, 3.8) is 0 Å². The van der Waals surface area contributed by atoms with E-state index >= 15 is 0 Å². The van der Waals surface area contributed by atoms with Crippen molar-refractivity contribution >= 4 is 18.0 Å². The first-order valence-electron chi connectivity index (χ1n) is 12.1. The zero-order valence-electron chi connectivity index (χ0n) is 19.5. The molecular formula is C27H32N2O5. The van der Waals surface area contributed by atoms with E-state index in [0.29, 0.717) is 12.8 Å². The fourth-order valence-corrected chi connectivity index (χ4v) is 4.90. The molecule has 0 aliphatic heterocycles. The Labute approximate surface area is 199 Å². The summed E-state index contributed by atoms with van der Waals surface area (Å²) in [6, 6.07) is 15.4. The minimum atomic E-state index is -0.889. The minimum absolute atomic E-state index is 0.00725. The molecule has 3 N–H and O–H groups in total. The lowest BCUT2D eigenvalue weighted by molar-refractivity contribution is -0.137. The molecule has 0 spiro atoms. The van der Waals surface area contributed by atoms with Crippen molar-refractivity contribution in [3.8, 4) is 11.1 Å². The van der Waals surface area contributed by atoms with E-state index in [0.717, 1.165) is 41.5 Å². The molecule has 7 heteroatoms. The molecule has 2 aliphatic rings. The predicted molar refractivity (Wildman–Crippen MR) is 128 cm³/mol. The zero-order valence-corrected chi connectivity index (χ0v) is 19.5. The van der Waals surface area contributed by atoms with Crippen LogP contribution in [0.4, 0.5) is 4.79 Å². The number of hydrogen-bond acceptors (Lipinski definition) is 4. The van der Waals surface area contributed by atoms with Crippen LogP contribution in [0.1, 0.15) is 62.5 Å². The van der Waals surface area contributed by atoms with Crippen LogP contribution in [0, 0.1) is 5.92 Å². The van der Waals surface area contributed by atoms with Crippen molar-refractivity contribution in [2.24, 2.45) is 5.92 Å². The lowest BCUT2D eigenvalue weighted by atomic mass is 9.79. The number of carboxylic acids is 1. The average molecular weight is 465 g/mol. The molecule has 1 saturated carbocycles. The third kappa shape index (κ3) is 5.24. The molecule has 4 rings (SSSR count). The molecule has 180 valence electrons. The fourth-order valence-electron chi connectivity index (χ4n) is 4.90. The van der Waals surface area contributed by atoms with Gasteiger partial charge in [0.05, 0.1) is 0 Å². The molecule has 7 nitrogen and oxygen atoms in total. The second kappa shape index (κ2) is 10.7. The van der Waals surface area contributed by atoms with Crippen molar-refractivity contribution in [2.45, 2.75) is 63.5 Å². The van der Waals surface area contributed by atoms with Crippen molar-refractivity contribution in [2.75, 3.05) is 6.61 Å². The summed E-state index contributed by atoms with van der Waals surface area (Å²) in [6.07, 6.45) is 3.14. The normalized spacial score (nSPS) is 16.5. The first-order chi connectivity index (χ1) is 16.5. The van der Waals surface area contributed by atoms with E-state index < -0.39 is 18.1 Å². The summed E-state index contributed by atoms with van der Waals surface area (Å²) in [5.74, 6) is -1.14. The van der Waals surface area contributed by atoms with Gasteiger partial charge in [-0.05, 0) is 53.9 Å². The number of amides is 2. The summed E-state index contributed by atoms with van der Waals surface area (Å²) in [4.78, 5) is 36.6. The first kappa shape index (κ1) is 23.8. The van der Waals surface area contributed by atoms with E-state index in [1.165, 1.54) is 0 Å². The van der Waals surface area contributed by atoms with Gasteiger partial charge in [-0.25, -0.2) is 4.79 Å². The fraction of sp³-hybridized carbons (Fsp3) is 0.444. The van der Waals surface area contributed by atoms with Crippen LogP contribution in [-0.2, 0) is 14.3 Å². The number of rotatable bonds is 10. The summed E-state index contributed by atoms with van der Waals surface area (Å²) in [7, 11) is 0. The van der Waals surface area contributed by atoms with Crippen LogP contribution in [0.15, 0.2) is 48.5 Å². The van der Waals surface area contributed by atoms with Gasteiger partial charge in [-0.15, -0.1) is 0 Å². The number of fused-ring (bicyclic) bond motifs is 3. The Morgan fingerprint density at radius 1 is 1.00 bits per heavy atom. The van der Waals surface area contributed by atoms with E-state index in [1.807, 2.05) is 31.2 Å². The Balaban J connectivity index is 1.38. The molecule has 0 heterocycles. The van der Waals surface area contributed by atoms with Crippen molar-refractivity contribution in [1.29, 1.82) is 0 Å². The van der Waals surface area contributed by atoms with Crippen molar-refractivity contribution < 1.29 is 24.2 Å². The van der Waals surface area contributed by atoms with Gasteiger partial charge in [-0.3, -0.25) is 9.59 Å². The smallest absolute Gasteiger partial charge is 0.407 e. The maximum atomic E-state index is 13.0. The maximum Gasteiger partial charge on any atom is 0.407 e.